The van der Waals surface area contributed by atoms with Crippen LogP contribution in [0.3, 0.4) is 0 Å². The summed E-state index contributed by atoms with van der Waals surface area (Å²) in [5.41, 5.74) is 10.5. The molecule has 1 amide bonds. The number of hydrogen-bond donors (Lipinski definition) is 11. The van der Waals surface area contributed by atoms with Crippen LogP contribution in [0.15, 0.2) is 73.8 Å². The molecule has 2 saturated heterocycles. The average molecular weight is 1120 g/mol. The van der Waals surface area contributed by atoms with Gasteiger partial charge in [-0.15, -0.1) is 0 Å². The molecule has 34 heteroatoms. The van der Waals surface area contributed by atoms with Crippen molar-refractivity contribution in [1.82, 2.24) is 44.4 Å². The molecular formula is C42H46F3N12O16P3. The second kappa shape index (κ2) is 24.8. The number of phosphoric acid groups is 3. The molecule has 2 aliphatic heterocycles. The Balaban J connectivity index is 0.000000224. The highest BCUT2D eigenvalue weighted by Crippen LogP contribution is 2.66. The van der Waals surface area contributed by atoms with Crippen LogP contribution in [0.2, 0.25) is 0 Å². The number of anilines is 2. The van der Waals surface area contributed by atoms with E-state index in [-0.39, 0.29) is 19.6 Å². The van der Waals surface area contributed by atoms with Crippen molar-refractivity contribution in [2.75, 3.05) is 36.9 Å². The van der Waals surface area contributed by atoms with Gasteiger partial charge in [0.25, 0.3) is 0 Å². The highest BCUT2D eigenvalue weighted by Gasteiger charge is 2.43. The highest BCUT2D eigenvalue weighted by molar-refractivity contribution is 7.66. The SMILES string of the molecule is NCC#Cc1ccc(CNc2ncnc3c2ncn3[C@H]2CC(O)[C@@H](COP(=O)(O)OP(=O)(O)OP(=O)(O)O)O2)cc1.O=C(NCC#Cc1ccc(CNc2ncnc3c2ncn3[C@H]2CC(O)[C@@H](CO)O2)cc1)C(F)(F)F. The fourth-order valence-electron chi connectivity index (χ4n) is 7.25. The topological polar surface area (TPSA) is 405 Å². The number of aliphatic hydroxyl groups is 3. The van der Waals surface area contributed by atoms with Gasteiger partial charge >= 0.3 is 35.6 Å². The molecule has 28 nitrogen and oxygen atoms in total. The Hall–Kier alpha value is -6.31. The molecule has 4 aromatic heterocycles. The molecule has 0 radical (unpaired) electrons. The zero-order valence-electron chi connectivity index (χ0n) is 39.0. The molecule has 0 aliphatic carbocycles. The van der Waals surface area contributed by atoms with E-state index < -0.39 is 85.6 Å². The van der Waals surface area contributed by atoms with Crippen LogP contribution in [0.25, 0.3) is 22.3 Å². The fourth-order valence-corrected chi connectivity index (χ4v) is 10.3. The Labute approximate surface area is 427 Å². The number of amides is 1. The van der Waals surface area contributed by atoms with Gasteiger partial charge in [0.1, 0.15) is 37.3 Å². The molecule has 0 saturated carbocycles. The summed E-state index contributed by atoms with van der Waals surface area (Å²) >= 11 is 0. The lowest BCUT2D eigenvalue weighted by atomic mass is 10.1. The smallest absolute Gasteiger partial charge is 0.394 e. The number of aromatic nitrogens is 8. The number of alkyl halides is 3. The maximum Gasteiger partial charge on any atom is 0.490 e. The number of nitrogens with zero attached hydrogens (tertiary/aromatic N) is 8. The zero-order valence-corrected chi connectivity index (χ0v) is 41.7. The van der Waals surface area contributed by atoms with Gasteiger partial charge in [-0.3, -0.25) is 18.5 Å². The van der Waals surface area contributed by atoms with Crippen LogP contribution in [0.1, 0.15) is 47.6 Å². The third-order valence-corrected chi connectivity index (χ3v) is 14.5. The van der Waals surface area contributed by atoms with Crippen LogP contribution in [0.5, 0.6) is 0 Å². The van der Waals surface area contributed by atoms with Gasteiger partial charge in [0.15, 0.2) is 34.0 Å². The van der Waals surface area contributed by atoms with Crippen LogP contribution >= 0.6 is 23.5 Å². The minimum atomic E-state index is -5.67. The molecule has 8 rings (SSSR count). The minimum Gasteiger partial charge on any atom is -0.394 e. The lowest BCUT2D eigenvalue weighted by Gasteiger charge is -2.19. The molecule has 406 valence electrons. The minimum absolute atomic E-state index is 0.0119. The fraction of sp³-hybridized carbons (Fsp3) is 0.357. The number of nitrogens with two attached hydrogens (primary N) is 1. The number of aliphatic hydroxyl groups excluding tert-OH is 3. The van der Waals surface area contributed by atoms with Crippen LogP contribution in [-0.4, -0.2) is 137 Å². The van der Waals surface area contributed by atoms with Gasteiger partial charge < -0.3 is 66.1 Å². The largest absolute Gasteiger partial charge is 0.490 e. The van der Waals surface area contributed by atoms with Crippen LogP contribution in [-0.2, 0) is 54.2 Å². The quantitative estimate of drug-likeness (QED) is 0.0458. The van der Waals surface area contributed by atoms with Gasteiger partial charge in [-0.05, 0) is 35.4 Å². The van der Waals surface area contributed by atoms with E-state index in [1.807, 2.05) is 24.3 Å². The lowest BCUT2D eigenvalue weighted by Crippen LogP contribution is -2.36. The molecule has 4 unspecified atom stereocenters. The molecule has 0 bridgehead atoms. The predicted molar refractivity (Wildman–Crippen MR) is 256 cm³/mol. The zero-order chi connectivity index (χ0) is 54.8. The Morgan fingerprint density at radius 3 is 1.67 bits per heavy atom. The number of phosphoric ester groups is 1. The Morgan fingerprint density at radius 1 is 0.724 bits per heavy atom. The first-order valence-electron chi connectivity index (χ1n) is 22.1. The van der Waals surface area contributed by atoms with E-state index in [4.69, 9.17) is 25.0 Å². The summed E-state index contributed by atoms with van der Waals surface area (Å²) in [6, 6.07) is 14.6. The molecule has 0 spiro atoms. The van der Waals surface area contributed by atoms with Gasteiger partial charge in [-0.1, -0.05) is 47.9 Å². The molecule has 8 atom stereocenters. The van der Waals surface area contributed by atoms with Gasteiger partial charge in [0.05, 0.1) is 51.2 Å². The summed E-state index contributed by atoms with van der Waals surface area (Å²) in [5, 5.41) is 37.8. The van der Waals surface area contributed by atoms with E-state index in [0.717, 1.165) is 16.7 Å². The summed E-state index contributed by atoms with van der Waals surface area (Å²) < 4.78 is 97.1. The number of ether oxygens (including phenoxy) is 2. The summed E-state index contributed by atoms with van der Waals surface area (Å²) in [4.78, 5) is 72.5. The summed E-state index contributed by atoms with van der Waals surface area (Å²) in [6.07, 6.45) is -4.21. The van der Waals surface area contributed by atoms with Crippen molar-refractivity contribution < 1.29 is 89.2 Å². The first-order valence-corrected chi connectivity index (χ1v) is 26.6. The average Bonchev–Trinajstić information content (AvgIpc) is 4.17. The van der Waals surface area contributed by atoms with Crippen molar-refractivity contribution in [3.63, 3.8) is 0 Å². The van der Waals surface area contributed by atoms with E-state index >= 15 is 0 Å². The predicted octanol–water partition coefficient (Wildman–Crippen LogP) is 1.85. The van der Waals surface area contributed by atoms with E-state index in [2.05, 4.69) is 77.4 Å². The first kappa shape index (κ1) is 57.4. The summed E-state index contributed by atoms with van der Waals surface area (Å²) in [5.74, 6) is 9.79. The lowest BCUT2D eigenvalue weighted by molar-refractivity contribution is -0.173. The molecule has 2 aliphatic rings. The van der Waals surface area contributed by atoms with Gasteiger partial charge in [0, 0.05) is 37.1 Å². The monoisotopic (exact) mass is 1120 g/mol. The van der Waals surface area contributed by atoms with Crippen LogP contribution in [0.4, 0.5) is 24.8 Å². The van der Waals surface area contributed by atoms with E-state index in [1.165, 1.54) is 23.5 Å². The number of carbonyl (C=O) groups excluding carboxylic acids is 1. The maximum absolute atomic E-state index is 12.1. The number of halogens is 3. The summed E-state index contributed by atoms with van der Waals surface area (Å²) in [6.45, 7) is -0.404. The van der Waals surface area contributed by atoms with Crippen molar-refractivity contribution in [2.24, 2.45) is 5.73 Å². The number of hydrogen-bond acceptors (Lipinski definition) is 21. The van der Waals surface area contributed by atoms with Crippen molar-refractivity contribution in [1.29, 1.82) is 0 Å². The number of nitrogens with one attached hydrogen (secondary N) is 3. The van der Waals surface area contributed by atoms with Crippen LogP contribution < -0.4 is 21.7 Å². The number of rotatable bonds is 17. The number of carbonyl (C=O) groups is 1. The Kier molecular flexibility index (Phi) is 18.7. The first-order chi connectivity index (χ1) is 36.0. The Morgan fingerprint density at radius 2 is 1.21 bits per heavy atom. The van der Waals surface area contributed by atoms with Gasteiger partial charge in [0.2, 0.25) is 0 Å². The van der Waals surface area contributed by atoms with E-state index in [1.54, 1.807) is 40.5 Å². The third kappa shape index (κ3) is 15.7. The normalized spacial score (nSPS) is 21.0. The number of imidazole rings is 2. The molecule has 6 heterocycles. The van der Waals surface area contributed by atoms with Crippen molar-refractivity contribution in [3.8, 4) is 23.7 Å². The van der Waals surface area contributed by atoms with Crippen molar-refractivity contribution in [3.05, 3.63) is 96.1 Å². The molecule has 12 N–H and O–H groups in total. The molecular weight excluding hydrogens is 1080 g/mol. The van der Waals surface area contributed by atoms with E-state index in [9.17, 15) is 56.8 Å². The second-order valence-corrected chi connectivity index (χ2v) is 20.5. The maximum atomic E-state index is 12.1. The third-order valence-electron chi connectivity index (χ3n) is 10.7. The molecule has 2 aromatic carbocycles. The summed E-state index contributed by atoms with van der Waals surface area (Å²) in [7, 11) is -16.6. The second-order valence-electron chi connectivity index (χ2n) is 16.1. The standard InChI is InChI=1S/C22H21F3N6O4.C20H25N6O12P3/c23-22(24,25)21(34)26-7-1-2-13-3-5-14(6-4-13)9-27-19-18-20(29-11-28-19)31(12-30-18)17-8-15(33)16(10-32)35-17;21-7-1-2-13-3-5-14(6-4-13)9-22-19-18-20(24-11-23-19)26(12-25-18)17-8-15(27)16(36-17)10-35-40(31,32)38-41(33,34)37-39(28,29)30/h3-6,11-12,15-17,32-33H,7-10H2,(H,26,34)(H,27,28,29);3-6,11-12,15-17,27H,7-10,21H2,(H,31,32)(H,33,34)(H,22,23,24)(H2,28,29,30)/t2*15?,16-,17-/m11/s1. The van der Waals surface area contributed by atoms with Gasteiger partial charge in [-0.25, -0.2) is 43.6 Å². The van der Waals surface area contributed by atoms with E-state index in [0.29, 0.717) is 59.0 Å². The van der Waals surface area contributed by atoms with Crippen molar-refractivity contribution >= 4 is 63.3 Å². The van der Waals surface area contributed by atoms with Gasteiger partial charge in [-0.2, -0.15) is 21.8 Å². The molecule has 6 aromatic rings. The molecule has 2 fully saturated rings. The molecule has 76 heavy (non-hydrogen) atoms. The Bertz CT molecular complexity index is 3280. The van der Waals surface area contributed by atoms with Crippen molar-refractivity contribution in [2.45, 2.75) is 69.0 Å². The highest BCUT2D eigenvalue weighted by atomic mass is 31.3. The number of benzene rings is 2. The number of fused-ring (bicyclic) bond motifs is 2. The van der Waals surface area contributed by atoms with Crippen LogP contribution in [0, 0.1) is 23.7 Å².